The summed E-state index contributed by atoms with van der Waals surface area (Å²) in [7, 11) is 0. The van der Waals surface area contributed by atoms with Gasteiger partial charge in [0.2, 0.25) is 0 Å². The first kappa shape index (κ1) is 8.89. The molecule has 70 valence electrons. The molecule has 1 nitrogen and oxygen atoms in total. The van der Waals surface area contributed by atoms with E-state index >= 15 is 0 Å². The van der Waals surface area contributed by atoms with Gasteiger partial charge in [0, 0.05) is 0 Å². The zero-order valence-electron chi connectivity index (χ0n) is 7.72. The van der Waals surface area contributed by atoms with E-state index in [0.29, 0.717) is 0 Å². The van der Waals surface area contributed by atoms with Crippen LogP contribution < -0.4 is 5.32 Å². The lowest BCUT2D eigenvalue weighted by Crippen LogP contribution is -2.33. The van der Waals surface area contributed by atoms with Crippen LogP contribution in [0.1, 0.15) is 25.7 Å². The van der Waals surface area contributed by atoms with E-state index < -0.39 is 0 Å². The summed E-state index contributed by atoms with van der Waals surface area (Å²) < 4.78 is 0. The van der Waals surface area contributed by atoms with Gasteiger partial charge in [-0.05, 0) is 62.1 Å². The Morgan fingerprint density at radius 2 is 1.83 bits per heavy atom. The summed E-state index contributed by atoms with van der Waals surface area (Å²) >= 11 is 2.18. The number of thioether (sulfide) groups is 1. The molecule has 2 heteroatoms. The van der Waals surface area contributed by atoms with Crippen molar-refractivity contribution in [2.45, 2.75) is 25.7 Å². The zero-order chi connectivity index (χ0) is 8.23. The highest BCUT2D eigenvalue weighted by atomic mass is 32.2. The number of hydrogen-bond acceptors (Lipinski definition) is 2. The van der Waals surface area contributed by atoms with Crippen LogP contribution in [0, 0.1) is 11.8 Å². The van der Waals surface area contributed by atoms with E-state index in [1.54, 1.807) is 0 Å². The predicted octanol–water partition coefficient (Wildman–Crippen LogP) is 2.13. The minimum Gasteiger partial charge on any atom is -0.317 e. The van der Waals surface area contributed by atoms with Crippen molar-refractivity contribution in [3.63, 3.8) is 0 Å². The molecule has 1 atom stereocenters. The minimum absolute atomic E-state index is 1.05. The number of rotatable bonds is 1. The Kier molecular flexibility index (Phi) is 3.35. The zero-order valence-corrected chi connectivity index (χ0v) is 8.54. The molecule has 0 aromatic heterocycles. The summed E-state index contributed by atoms with van der Waals surface area (Å²) in [6, 6.07) is 0. The summed E-state index contributed by atoms with van der Waals surface area (Å²) in [6.45, 7) is 2.54. The first-order valence-corrected chi connectivity index (χ1v) is 6.41. The molecular formula is C10H19NS. The van der Waals surface area contributed by atoms with Gasteiger partial charge in [-0.15, -0.1) is 0 Å². The number of hydrogen-bond donors (Lipinski definition) is 1. The van der Waals surface area contributed by atoms with Gasteiger partial charge < -0.3 is 5.32 Å². The van der Waals surface area contributed by atoms with Crippen molar-refractivity contribution < 1.29 is 0 Å². The fourth-order valence-corrected chi connectivity index (χ4v) is 3.73. The summed E-state index contributed by atoms with van der Waals surface area (Å²) in [4.78, 5) is 0. The predicted molar refractivity (Wildman–Crippen MR) is 55.6 cm³/mol. The molecule has 0 saturated carbocycles. The van der Waals surface area contributed by atoms with Crippen LogP contribution >= 0.6 is 11.8 Å². The Morgan fingerprint density at radius 3 is 2.50 bits per heavy atom. The van der Waals surface area contributed by atoms with Crippen LogP contribution in [0.25, 0.3) is 0 Å². The van der Waals surface area contributed by atoms with E-state index in [-0.39, 0.29) is 0 Å². The van der Waals surface area contributed by atoms with Crippen LogP contribution in [0.3, 0.4) is 0 Å². The van der Waals surface area contributed by atoms with Gasteiger partial charge in [0.05, 0.1) is 0 Å². The third-order valence-electron chi connectivity index (χ3n) is 3.25. The molecule has 0 radical (unpaired) electrons. The van der Waals surface area contributed by atoms with Crippen molar-refractivity contribution in [2.24, 2.45) is 11.8 Å². The molecule has 2 aliphatic heterocycles. The third-order valence-corrected chi connectivity index (χ3v) is 4.49. The van der Waals surface area contributed by atoms with Crippen LogP contribution in [-0.4, -0.2) is 24.6 Å². The first-order chi connectivity index (χ1) is 5.97. The molecule has 2 aliphatic rings. The van der Waals surface area contributed by atoms with Crippen molar-refractivity contribution in [3.8, 4) is 0 Å². The van der Waals surface area contributed by atoms with Crippen LogP contribution in [0.4, 0.5) is 0 Å². The summed E-state index contributed by atoms with van der Waals surface area (Å²) in [5.41, 5.74) is 0. The van der Waals surface area contributed by atoms with Gasteiger partial charge in [0.1, 0.15) is 0 Å². The number of piperidine rings is 1. The quantitative estimate of drug-likeness (QED) is 0.671. The van der Waals surface area contributed by atoms with Crippen LogP contribution in [0.15, 0.2) is 0 Å². The molecule has 1 N–H and O–H groups in total. The highest BCUT2D eigenvalue weighted by molar-refractivity contribution is 7.99. The minimum atomic E-state index is 1.05. The molecular weight excluding hydrogens is 166 g/mol. The molecule has 2 saturated heterocycles. The molecule has 0 aliphatic carbocycles. The topological polar surface area (TPSA) is 12.0 Å². The van der Waals surface area contributed by atoms with E-state index in [0.717, 1.165) is 11.8 Å². The lowest BCUT2D eigenvalue weighted by Gasteiger charge is -2.32. The molecule has 0 aromatic rings. The molecule has 0 spiro atoms. The molecule has 2 rings (SSSR count). The smallest absolute Gasteiger partial charge is 0.00365 e. The van der Waals surface area contributed by atoms with Crippen molar-refractivity contribution >= 4 is 11.8 Å². The largest absolute Gasteiger partial charge is 0.317 e. The second kappa shape index (κ2) is 4.52. The van der Waals surface area contributed by atoms with Gasteiger partial charge in [0.15, 0.2) is 0 Å². The van der Waals surface area contributed by atoms with E-state index in [4.69, 9.17) is 0 Å². The SMILES string of the molecule is C1CSCC(C2CCNCC2)C1. The summed E-state index contributed by atoms with van der Waals surface area (Å²) in [5, 5.41) is 3.45. The Labute approximate surface area is 79.7 Å². The Balaban J connectivity index is 1.80. The monoisotopic (exact) mass is 185 g/mol. The maximum absolute atomic E-state index is 3.45. The van der Waals surface area contributed by atoms with Crippen molar-refractivity contribution in [1.82, 2.24) is 5.32 Å². The van der Waals surface area contributed by atoms with Crippen molar-refractivity contribution in [1.29, 1.82) is 0 Å². The van der Waals surface area contributed by atoms with Gasteiger partial charge in [-0.1, -0.05) is 0 Å². The second-order valence-corrected chi connectivity index (χ2v) is 5.21. The Morgan fingerprint density at radius 1 is 1.00 bits per heavy atom. The maximum atomic E-state index is 3.45. The van der Waals surface area contributed by atoms with Crippen molar-refractivity contribution in [3.05, 3.63) is 0 Å². The van der Waals surface area contributed by atoms with Gasteiger partial charge >= 0.3 is 0 Å². The fraction of sp³-hybridized carbons (Fsp3) is 1.00. The highest BCUT2D eigenvalue weighted by Gasteiger charge is 2.24. The van der Waals surface area contributed by atoms with Crippen LogP contribution in [0.5, 0.6) is 0 Å². The normalized spacial score (nSPS) is 33.5. The molecule has 0 amide bonds. The van der Waals surface area contributed by atoms with Crippen LogP contribution in [0.2, 0.25) is 0 Å². The fourth-order valence-electron chi connectivity index (χ4n) is 2.45. The van der Waals surface area contributed by atoms with Crippen LogP contribution in [-0.2, 0) is 0 Å². The van der Waals surface area contributed by atoms with E-state index in [2.05, 4.69) is 17.1 Å². The highest BCUT2D eigenvalue weighted by Crippen LogP contribution is 2.32. The lowest BCUT2D eigenvalue weighted by atomic mass is 9.83. The first-order valence-electron chi connectivity index (χ1n) is 5.25. The average molecular weight is 185 g/mol. The molecule has 2 fully saturated rings. The summed E-state index contributed by atoms with van der Waals surface area (Å²) in [6.07, 6.45) is 5.85. The van der Waals surface area contributed by atoms with Gasteiger partial charge in [0.25, 0.3) is 0 Å². The molecule has 0 aromatic carbocycles. The molecule has 1 unspecified atom stereocenters. The molecule has 0 bridgehead atoms. The Hall–Kier alpha value is 0.310. The molecule has 12 heavy (non-hydrogen) atoms. The van der Waals surface area contributed by atoms with E-state index in [1.165, 1.54) is 50.3 Å². The van der Waals surface area contributed by atoms with Gasteiger partial charge in [-0.25, -0.2) is 0 Å². The number of nitrogens with one attached hydrogen (secondary N) is 1. The van der Waals surface area contributed by atoms with Gasteiger partial charge in [-0.2, -0.15) is 11.8 Å². The molecule has 2 heterocycles. The summed E-state index contributed by atoms with van der Waals surface area (Å²) in [5.74, 6) is 4.98. The Bertz CT molecular complexity index is 110. The standard InChI is InChI=1S/C10H19NS/c1-2-10(8-12-7-1)9-3-5-11-6-4-9/h9-11H,1-8H2. The third kappa shape index (κ3) is 2.17. The van der Waals surface area contributed by atoms with Gasteiger partial charge in [-0.3, -0.25) is 0 Å². The van der Waals surface area contributed by atoms with E-state index in [1.807, 2.05) is 0 Å². The van der Waals surface area contributed by atoms with Crippen molar-refractivity contribution in [2.75, 3.05) is 24.6 Å². The van der Waals surface area contributed by atoms with E-state index in [9.17, 15) is 0 Å². The average Bonchev–Trinajstić information content (AvgIpc) is 2.21. The lowest BCUT2D eigenvalue weighted by molar-refractivity contribution is 0.263. The second-order valence-electron chi connectivity index (χ2n) is 4.06. The maximum Gasteiger partial charge on any atom is -0.00365 e.